The van der Waals surface area contributed by atoms with Gasteiger partial charge in [-0.1, -0.05) is 11.6 Å². The number of benzene rings is 1. The predicted molar refractivity (Wildman–Crippen MR) is 97.3 cm³/mol. The lowest BCUT2D eigenvalue weighted by atomic mass is 9.94. The average molecular weight is 363 g/mol. The smallest absolute Gasteiger partial charge is 0.268 e. The van der Waals surface area contributed by atoms with E-state index >= 15 is 0 Å². The lowest BCUT2D eigenvalue weighted by Gasteiger charge is -2.09. The number of H-pyrrole nitrogens is 1. The lowest BCUT2D eigenvalue weighted by molar-refractivity contribution is 0.0950. The molecule has 1 amide bonds. The number of aryl methyl sites for hydroxylation is 1. The van der Waals surface area contributed by atoms with Gasteiger partial charge >= 0.3 is 0 Å². The van der Waals surface area contributed by atoms with Gasteiger partial charge in [0.25, 0.3) is 5.91 Å². The van der Waals surface area contributed by atoms with Gasteiger partial charge in [0.2, 0.25) is 0 Å². The first-order valence-corrected chi connectivity index (χ1v) is 9.34. The number of halogens is 1. The molecule has 1 aliphatic rings. The summed E-state index contributed by atoms with van der Waals surface area (Å²) in [4.78, 5) is 28.6. The Balaban J connectivity index is 1.56. The minimum Gasteiger partial charge on any atom is -0.354 e. The van der Waals surface area contributed by atoms with Crippen molar-refractivity contribution in [3.05, 3.63) is 51.8 Å². The van der Waals surface area contributed by atoms with Crippen LogP contribution in [0.4, 0.5) is 0 Å². The van der Waals surface area contributed by atoms with Gasteiger partial charge in [-0.05, 0) is 49.6 Å². The van der Waals surface area contributed by atoms with E-state index in [4.69, 9.17) is 11.6 Å². The zero-order valence-corrected chi connectivity index (χ0v) is 15.0. The first-order chi connectivity index (χ1) is 11.6. The van der Waals surface area contributed by atoms with Gasteiger partial charge in [0.15, 0.2) is 5.78 Å². The summed E-state index contributed by atoms with van der Waals surface area (Å²) < 4.78 is 0. The fourth-order valence-electron chi connectivity index (χ4n) is 2.95. The van der Waals surface area contributed by atoms with Crippen LogP contribution in [0, 0.1) is 6.92 Å². The Bertz CT molecular complexity index is 768. The maximum Gasteiger partial charge on any atom is 0.268 e. The standard InChI is InChI=1S/C18H19ClN2O2S/c1-11-16-14(3-2-4-15(16)22)21-17(11)18(23)20-9-10-24-13-7-5-12(19)6-8-13/h5-8,21H,2-4,9-10H2,1H3,(H,20,23). The van der Waals surface area contributed by atoms with Crippen LogP contribution in [0.1, 0.15) is 44.9 Å². The number of nitrogens with one attached hydrogen (secondary N) is 2. The normalized spacial score (nSPS) is 13.7. The van der Waals surface area contributed by atoms with Crippen LogP contribution in [-0.2, 0) is 6.42 Å². The van der Waals surface area contributed by atoms with E-state index in [0.717, 1.165) is 40.3 Å². The van der Waals surface area contributed by atoms with Crippen molar-refractivity contribution >= 4 is 35.1 Å². The second kappa shape index (κ2) is 7.45. The van der Waals surface area contributed by atoms with E-state index in [0.29, 0.717) is 23.7 Å². The summed E-state index contributed by atoms with van der Waals surface area (Å²) in [5, 5.41) is 3.63. The summed E-state index contributed by atoms with van der Waals surface area (Å²) in [6, 6.07) is 7.63. The molecule has 0 spiro atoms. The monoisotopic (exact) mass is 362 g/mol. The first kappa shape index (κ1) is 17.1. The van der Waals surface area contributed by atoms with Crippen molar-refractivity contribution in [3.63, 3.8) is 0 Å². The zero-order chi connectivity index (χ0) is 17.1. The molecule has 2 N–H and O–H groups in total. The van der Waals surface area contributed by atoms with Crippen molar-refractivity contribution in [2.45, 2.75) is 31.1 Å². The molecule has 24 heavy (non-hydrogen) atoms. The number of aromatic nitrogens is 1. The van der Waals surface area contributed by atoms with Gasteiger partial charge in [0.1, 0.15) is 5.69 Å². The van der Waals surface area contributed by atoms with Crippen molar-refractivity contribution in [2.24, 2.45) is 0 Å². The molecule has 0 fully saturated rings. The number of hydrogen-bond donors (Lipinski definition) is 2. The Morgan fingerprint density at radius 2 is 2.04 bits per heavy atom. The van der Waals surface area contributed by atoms with Crippen LogP contribution in [-0.4, -0.2) is 29.0 Å². The maximum atomic E-state index is 12.4. The highest BCUT2D eigenvalue weighted by atomic mass is 35.5. The number of hydrogen-bond acceptors (Lipinski definition) is 3. The quantitative estimate of drug-likeness (QED) is 0.623. The fraction of sp³-hybridized carbons (Fsp3) is 0.333. The number of ketones is 1. The van der Waals surface area contributed by atoms with Crippen LogP contribution in [0.2, 0.25) is 5.02 Å². The van der Waals surface area contributed by atoms with E-state index in [9.17, 15) is 9.59 Å². The van der Waals surface area contributed by atoms with Gasteiger partial charge in [-0.25, -0.2) is 0 Å². The molecule has 0 radical (unpaired) electrons. The molecule has 0 bridgehead atoms. The molecule has 1 aromatic carbocycles. The Hall–Kier alpha value is -1.72. The second-order valence-corrected chi connectivity index (χ2v) is 7.42. The molecule has 1 aliphatic carbocycles. The topological polar surface area (TPSA) is 62.0 Å². The number of aromatic amines is 1. The SMILES string of the molecule is Cc1c(C(=O)NCCSc2ccc(Cl)cc2)[nH]c2c1C(=O)CCC2. The van der Waals surface area contributed by atoms with Gasteiger partial charge in [0.05, 0.1) is 0 Å². The maximum absolute atomic E-state index is 12.4. The number of carbonyl (C=O) groups is 2. The van der Waals surface area contributed by atoms with E-state index in [1.54, 1.807) is 11.8 Å². The molecule has 1 aromatic heterocycles. The summed E-state index contributed by atoms with van der Waals surface area (Å²) in [7, 11) is 0. The number of fused-ring (bicyclic) bond motifs is 1. The molecule has 126 valence electrons. The second-order valence-electron chi connectivity index (χ2n) is 5.81. The van der Waals surface area contributed by atoms with E-state index in [-0.39, 0.29) is 11.7 Å². The molecular formula is C18H19ClN2O2S. The van der Waals surface area contributed by atoms with Crippen LogP contribution in [0.15, 0.2) is 29.2 Å². The minimum atomic E-state index is -0.147. The van der Waals surface area contributed by atoms with Crippen LogP contribution >= 0.6 is 23.4 Å². The number of carbonyl (C=O) groups excluding carboxylic acids is 2. The highest BCUT2D eigenvalue weighted by Crippen LogP contribution is 2.26. The highest BCUT2D eigenvalue weighted by Gasteiger charge is 2.26. The van der Waals surface area contributed by atoms with E-state index in [1.165, 1.54) is 0 Å². The third-order valence-electron chi connectivity index (χ3n) is 4.13. The van der Waals surface area contributed by atoms with Crippen LogP contribution in [0.3, 0.4) is 0 Å². The highest BCUT2D eigenvalue weighted by molar-refractivity contribution is 7.99. The van der Waals surface area contributed by atoms with Gasteiger partial charge in [-0.2, -0.15) is 0 Å². The molecule has 0 saturated heterocycles. The van der Waals surface area contributed by atoms with E-state index in [1.807, 2.05) is 31.2 Å². The Labute approximate surface area is 150 Å². The molecule has 2 aromatic rings. The number of Topliss-reactive ketones (excluding diaryl/α,β-unsaturated/α-hetero) is 1. The number of amides is 1. The van der Waals surface area contributed by atoms with E-state index in [2.05, 4.69) is 10.3 Å². The van der Waals surface area contributed by atoms with Crippen molar-refractivity contribution in [3.8, 4) is 0 Å². The molecule has 1 heterocycles. The Kier molecular flexibility index (Phi) is 5.31. The summed E-state index contributed by atoms with van der Waals surface area (Å²) in [5.74, 6) is 0.764. The van der Waals surface area contributed by atoms with Gasteiger partial charge < -0.3 is 10.3 Å². The molecule has 0 unspecified atom stereocenters. The van der Waals surface area contributed by atoms with Crippen LogP contribution in [0.25, 0.3) is 0 Å². The van der Waals surface area contributed by atoms with Crippen molar-refractivity contribution < 1.29 is 9.59 Å². The third-order valence-corrected chi connectivity index (χ3v) is 5.40. The Morgan fingerprint density at radius 1 is 1.29 bits per heavy atom. The molecule has 4 nitrogen and oxygen atoms in total. The summed E-state index contributed by atoms with van der Waals surface area (Å²) in [6.07, 6.45) is 2.26. The van der Waals surface area contributed by atoms with Gasteiger partial charge in [-0.3, -0.25) is 9.59 Å². The average Bonchev–Trinajstić information content (AvgIpc) is 2.91. The zero-order valence-electron chi connectivity index (χ0n) is 13.4. The van der Waals surface area contributed by atoms with Crippen LogP contribution < -0.4 is 5.32 Å². The third kappa shape index (κ3) is 3.68. The summed E-state index contributed by atoms with van der Waals surface area (Å²) in [6.45, 7) is 2.40. The Morgan fingerprint density at radius 3 is 2.75 bits per heavy atom. The molecule has 0 saturated carbocycles. The number of rotatable bonds is 5. The number of thioether (sulfide) groups is 1. The molecule has 0 aliphatic heterocycles. The van der Waals surface area contributed by atoms with Crippen LogP contribution in [0.5, 0.6) is 0 Å². The fourth-order valence-corrected chi connectivity index (χ4v) is 3.85. The molecule has 6 heteroatoms. The largest absolute Gasteiger partial charge is 0.354 e. The van der Waals surface area contributed by atoms with E-state index < -0.39 is 0 Å². The van der Waals surface area contributed by atoms with Crippen molar-refractivity contribution in [2.75, 3.05) is 12.3 Å². The van der Waals surface area contributed by atoms with Crippen molar-refractivity contribution in [1.29, 1.82) is 0 Å². The van der Waals surface area contributed by atoms with Gasteiger partial charge in [-0.15, -0.1) is 11.8 Å². The van der Waals surface area contributed by atoms with Crippen molar-refractivity contribution in [1.82, 2.24) is 10.3 Å². The predicted octanol–water partition coefficient (Wildman–Crippen LogP) is 4.02. The minimum absolute atomic E-state index is 0.141. The summed E-state index contributed by atoms with van der Waals surface area (Å²) >= 11 is 7.52. The summed E-state index contributed by atoms with van der Waals surface area (Å²) in [5.41, 5.74) is 2.93. The lowest BCUT2D eigenvalue weighted by Crippen LogP contribution is -2.26. The molecular weight excluding hydrogens is 344 g/mol. The molecule has 3 rings (SSSR count). The molecule has 0 atom stereocenters. The van der Waals surface area contributed by atoms with Gasteiger partial charge in [0, 0.05) is 39.9 Å². The first-order valence-electron chi connectivity index (χ1n) is 7.97.